The zero-order valence-electron chi connectivity index (χ0n) is 16.6. The highest BCUT2D eigenvalue weighted by molar-refractivity contribution is 5.97. The SMILES string of the molecule is COc1ccc2c(C(=C3CCC3)c3cc(OC)c(OC)c(OC)c3)n[nH]c2c1. The molecule has 0 amide bonds. The molecular formula is C22H24N2O4. The second kappa shape index (κ2) is 7.46. The van der Waals surface area contributed by atoms with Crippen LogP contribution in [0, 0.1) is 0 Å². The van der Waals surface area contributed by atoms with Crippen molar-refractivity contribution < 1.29 is 18.9 Å². The Morgan fingerprint density at radius 3 is 2.14 bits per heavy atom. The van der Waals surface area contributed by atoms with Crippen LogP contribution < -0.4 is 18.9 Å². The molecule has 0 aliphatic heterocycles. The highest BCUT2D eigenvalue weighted by Crippen LogP contribution is 2.45. The Bertz CT molecular complexity index is 1020. The first-order chi connectivity index (χ1) is 13.7. The van der Waals surface area contributed by atoms with Crippen molar-refractivity contribution in [2.24, 2.45) is 0 Å². The minimum Gasteiger partial charge on any atom is -0.497 e. The van der Waals surface area contributed by atoms with E-state index in [0.29, 0.717) is 17.2 Å². The molecule has 3 aromatic rings. The molecule has 0 saturated heterocycles. The molecule has 6 heteroatoms. The summed E-state index contributed by atoms with van der Waals surface area (Å²) in [7, 11) is 6.54. The summed E-state index contributed by atoms with van der Waals surface area (Å²) in [4.78, 5) is 0. The number of nitrogens with one attached hydrogen (secondary N) is 1. The van der Waals surface area contributed by atoms with Crippen LogP contribution in [0.3, 0.4) is 0 Å². The molecule has 1 aliphatic rings. The number of ether oxygens (including phenoxy) is 4. The molecule has 1 saturated carbocycles. The maximum atomic E-state index is 5.56. The fourth-order valence-corrected chi connectivity index (χ4v) is 3.65. The topological polar surface area (TPSA) is 65.6 Å². The third-order valence-corrected chi connectivity index (χ3v) is 5.27. The number of hydrogen-bond donors (Lipinski definition) is 1. The summed E-state index contributed by atoms with van der Waals surface area (Å²) in [6, 6.07) is 9.95. The highest BCUT2D eigenvalue weighted by atomic mass is 16.5. The number of hydrogen-bond acceptors (Lipinski definition) is 5. The number of methoxy groups -OCH3 is 4. The van der Waals surface area contributed by atoms with Crippen molar-refractivity contribution in [3.63, 3.8) is 0 Å². The van der Waals surface area contributed by atoms with Gasteiger partial charge in [0.1, 0.15) is 11.4 Å². The van der Waals surface area contributed by atoms with Crippen LogP contribution in [0.15, 0.2) is 35.9 Å². The van der Waals surface area contributed by atoms with Crippen molar-refractivity contribution in [3.05, 3.63) is 47.2 Å². The number of nitrogens with zero attached hydrogens (tertiary/aromatic N) is 1. The van der Waals surface area contributed by atoms with Crippen molar-refractivity contribution >= 4 is 16.5 Å². The molecule has 0 spiro atoms. The minimum absolute atomic E-state index is 0.586. The van der Waals surface area contributed by atoms with Gasteiger partial charge in [-0.05, 0) is 49.1 Å². The van der Waals surface area contributed by atoms with Gasteiger partial charge < -0.3 is 18.9 Å². The Morgan fingerprint density at radius 2 is 1.61 bits per heavy atom. The molecule has 1 aliphatic carbocycles. The van der Waals surface area contributed by atoms with Gasteiger partial charge in [-0.15, -0.1) is 0 Å². The average Bonchev–Trinajstić information content (AvgIpc) is 3.11. The van der Waals surface area contributed by atoms with Crippen LogP contribution in [-0.2, 0) is 0 Å². The van der Waals surface area contributed by atoms with Crippen LogP contribution in [0.2, 0.25) is 0 Å². The van der Waals surface area contributed by atoms with Gasteiger partial charge in [-0.25, -0.2) is 0 Å². The van der Waals surface area contributed by atoms with E-state index in [1.165, 1.54) is 12.0 Å². The van der Waals surface area contributed by atoms with Crippen LogP contribution in [0.5, 0.6) is 23.0 Å². The van der Waals surface area contributed by atoms with Crippen molar-refractivity contribution in [1.82, 2.24) is 10.2 Å². The molecule has 4 rings (SSSR count). The molecule has 28 heavy (non-hydrogen) atoms. The summed E-state index contributed by atoms with van der Waals surface area (Å²) in [6.07, 6.45) is 3.33. The van der Waals surface area contributed by atoms with Gasteiger partial charge in [-0.3, -0.25) is 5.10 Å². The number of aromatic amines is 1. The number of allylic oxidation sites excluding steroid dienone is 1. The van der Waals surface area contributed by atoms with E-state index in [9.17, 15) is 0 Å². The Balaban J connectivity index is 1.92. The molecule has 1 aromatic heterocycles. The van der Waals surface area contributed by atoms with Gasteiger partial charge >= 0.3 is 0 Å². The minimum atomic E-state index is 0.586. The predicted octanol–water partition coefficient (Wildman–Crippen LogP) is 4.58. The first-order valence-electron chi connectivity index (χ1n) is 9.25. The molecule has 146 valence electrons. The lowest BCUT2D eigenvalue weighted by Gasteiger charge is -2.23. The predicted molar refractivity (Wildman–Crippen MR) is 109 cm³/mol. The van der Waals surface area contributed by atoms with Crippen LogP contribution in [0.1, 0.15) is 30.5 Å². The maximum absolute atomic E-state index is 5.56. The Labute approximate surface area is 164 Å². The van der Waals surface area contributed by atoms with Gasteiger partial charge in [0.2, 0.25) is 5.75 Å². The number of fused-ring (bicyclic) bond motifs is 1. The zero-order valence-corrected chi connectivity index (χ0v) is 16.6. The average molecular weight is 380 g/mol. The molecule has 0 bridgehead atoms. The molecule has 1 fully saturated rings. The zero-order chi connectivity index (χ0) is 19.7. The van der Waals surface area contributed by atoms with Crippen molar-refractivity contribution in [2.45, 2.75) is 19.3 Å². The molecule has 6 nitrogen and oxygen atoms in total. The molecular weight excluding hydrogens is 356 g/mol. The Hall–Kier alpha value is -3.15. The standard InChI is InChI=1S/C22H24N2O4/c1-25-15-8-9-16-17(12-15)23-24-21(16)20(13-6-5-7-13)14-10-18(26-2)22(28-4)19(11-14)27-3/h8-12H,5-7H2,1-4H3,(H,23,24). The smallest absolute Gasteiger partial charge is 0.203 e. The quantitative estimate of drug-likeness (QED) is 0.678. The second-order valence-corrected chi connectivity index (χ2v) is 6.73. The van der Waals surface area contributed by atoms with Crippen LogP contribution in [-0.4, -0.2) is 38.6 Å². The lowest BCUT2D eigenvalue weighted by atomic mass is 9.83. The Morgan fingerprint density at radius 1 is 0.893 bits per heavy atom. The van der Waals surface area contributed by atoms with Gasteiger partial charge in [0.25, 0.3) is 0 Å². The maximum Gasteiger partial charge on any atom is 0.203 e. The van der Waals surface area contributed by atoms with Crippen molar-refractivity contribution in [3.8, 4) is 23.0 Å². The van der Waals surface area contributed by atoms with E-state index in [0.717, 1.165) is 46.3 Å². The summed E-state index contributed by atoms with van der Waals surface area (Å²) < 4.78 is 21.9. The fraction of sp³-hybridized carbons (Fsp3) is 0.318. The van der Waals surface area contributed by atoms with Gasteiger partial charge in [-0.2, -0.15) is 5.10 Å². The van der Waals surface area contributed by atoms with Gasteiger partial charge in [-0.1, -0.05) is 5.57 Å². The van der Waals surface area contributed by atoms with E-state index in [2.05, 4.69) is 10.2 Å². The molecule has 2 aromatic carbocycles. The van der Waals surface area contributed by atoms with E-state index in [-0.39, 0.29) is 0 Å². The van der Waals surface area contributed by atoms with E-state index in [1.54, 1.807) is 28.4 Å². The fourth-order valence-electron chi connectivity index (χ4n) is 3.65. The Kier molecular flexibility index (Phi) is 4.86. The number of H-pyrrole nitrogens is 1. The summed E-state index contributed by atoms with van der Waals surface area (Å²) in [6.45, 7) is 0. The van der Waals surface area contributed by atoms with Crippen LogP contribution in [0.25, 0.3) is 16.5 Å². The van der Waals surface area contributed by atoms with E-state index < -0.39 is 0 Å². The molecule has 0 radical (unpaired) electrons. The molecule has 1 N–H and O–H groups in total. The van der Waals surface area contributed by atoms with Crippen LogP contribution in [0.4, 0.5) is 0 Å². The van der Waals surface area contributed by atoms with Crippen LogP contribution >= 0.6 is 0 Å². The number of aromatic nitrogens is 2. The third kappa shape index (κ3) is 2.95. The van der Waals surface area contributed by atoms with Gasteiger partial charge in [0.15, 0.2) is 11.5 Å². The number of rotatable bonds is 6. The van der Waals surface area contributed by atoms with E-state index in [4.69, 9.17) is 18.9 Å². The largest absolute Gasteiger partial charge is 0.497 e. The lowest BCUT2D eigenvalue weighted by molar-refractivity contribution is 0.324. The normalized spacial score (nSPS) is 13.2. The highest BCUT2D eigenvalue weighted by Gasteiger charge is 2.24. The monoisotopic (exact) mass is 380 g/mol. The summed E-state index contributed by atoms with van der Waals surface area (Å²) >= 11 is 0. The second-order valence-electron chi connectivity index (χ2n) is 6.73. The molecule has 1 heterocycles. The summed E-state index contributed by atoms with van der Waals surface area (Å²) in [5.74, 6) is 2.66. The van der Waals surface area contributed by atoms with Gasteiger partial charge in [0, 0.05) is 17.0 Å². The first kappa shape index (κ1) is 18.2. The first-order valence-corrected chi connectivity index (χ1v) is 9.25. The molecule has 0 unspecified atom stereocenters. The lowest BCUT2D eigenvalue weighted by Crippen LogP contribution is -2.05. The summed E-state index contributed by atoms with van der Waals surface area (Å²) in [5.41, 5.74) is 5.40. The summed E-state index contributed by atoms with van der Waals surface area (Å²) in [5, 5.41) is 8.86. The third-order valence-electron chi connectivity index (χ3n) is 5.27. The molecule has 0 atom stereocenters. The van der Waals surface area contributed by atoms with E-state index in [1.807, 2.05) is 30.3 Å². The van der Waals surface area contributed by atoms with Crippen molar-refractivity contribution in [1.29, 1.82) is 0 Å². The van der Waals surface area contributed by atoms with Gasteiger partial charge in [0.05, 0.1) is 34.0 Å². The van der Waals surface area contributed by atoms with E-state index >= 15 is 0 Å². The van der Waals surface area contributed by atoms with Crippen molar-refractivity contribution in [2.75, 3.05) is 28.4 Å². The number of benzene rings is 2.